The Balaban J connectivity index is 0.000000809. The molecule has 0 aliphatic rings. The van der Waals surface area contributed by atoms with Crippen molar-refractivity contribution in [1.29, 1.82) is 5.26 Å². The van der Waals surface area contributed by atoms with E-state index in [1.54, 1.807) is 123 Å². The van der Waals surface area contributed by atoms with E-state index in [-0.39, 0.29) is 284 Å². The zero-order valence-electron chi connectivity index (χ0n) is 78.4. The summed E-state index contributed by atoms with van der Waals surface area (Å²) in [4.78, 5) is 112. The number of rotatable bonds is 19. The predicted molar refractivity (Wildman–Crippen MR) is 500 cm³/mol. The van der Waals surface area contributed by atoms with Gasteiger partial charge in [0, 0.05) is 363 Å². The first-order chi connectivity index (χ1) is 57.8. The quantitative estimate of drug-likeness (QED) is 0.0250. The Bertz CT molecular complexity index is 5670. The van der Waals surface area contributed by atoms with Gasteiger partial charge in [-0.15, -0.1) is 0 Å². The largest absolute Gasteiger partial charge is 0.488 e. The topological polar surface area (TPSA) is 303 Å². The molecule has 0 aliphatic carbocycles. The number of amides is 5. The molecule has 5 aromatic carbocycles. The van der Waals surface area contributed by atoms with Gasteiger partial charge in [-0.2, -0.15) is 89.8 Å². The summed E-state index contributed by atoms with van der Waals surface area (Å²) in [5.74, 6) is -0.443. The van der Waals surface area contributed by atoms with Crippen LogP contribution in [0.25, 0.3) is 50.7 Å². The molecule has 6 aromatic heterocycles. The van der Waals surface area contributed by atoms with Crippen molar-refractivity contribution in [1.82, 2.24) is 48.7 Å². The van der Waals surface area contributed by atoms with Crippen LogP contribution in [-0.2, 0) is 28.7 Å². The van der Waals surface area contributed by atoms with E-state index in [1.807, 2.05) is 290 Å². The molecule has 0 fully saturated rings. The number of carbonyl (C=O) groups is 7. The van der Waals surface area contributed by atoms with E-state index in [0.717, 1.165) is 86.7 Å². The third-order valence-electron chi connectivity index (χ3n) is 18.7. The fraction of sp³-hybridized carbons (Fsp3) is 0.357. The van der Waals surface area contributed by atoms with Gasteiger partial charge in [-0.05, 0) is 91.2 Å². The van der Waals surface area contributed by atoms with Crippen LogP contribution in [0.15, 0.2) is 195 Å². The first-order valence-corrected chi connectivity index (χ1v) is 40.9. The van der Waals surface area contributed by atoms with Gasteiger partial charge in [0.15, 0.2) is 22.7 Å². The van der Waals surface area contributed by atoms with Gasteiger partial charge in [-0.3, -0.25) is 28.8 Å². The summed E-state index contributed by atoms with van der Waals surface area (Å²) in [6, 6.07) is 51.3. The summed E-state index contributed by atoms with van der Waals surface area (Å²) in [5, 5.41) is 40.6. The molecule has 11 rings (SSSR count). The van der Waals surface area contributed by atoms with Gasteiger partial charge in [0.2, 0.25) is 29.5 Å². The van der Waals surface area contributed by atoms with Crippen molar-refractivity contribution in [3.63, 3.8) is 0 Å². The third kappa shape index (κ3) is 33.2. The van der Waals surface area contributed by atoms with Gasteiger partial charge >= 0.3 is 13.1 Å². The molecule has 0 unspecified atom stereocenters. The molecular weight excluding hydrogens is 2440 g/mol. The SMILES string of the molecule is C.CCOC(=O)c1cnn2c(-c3cccc(N(C(=O)C(C)(C)C)[C-](C)C)c3)ccnc12.C[C-](C)N(C(=O)C(C)(C)C)c1cccc(-c2ccnc3c(C#N)cnn23)c1.C[C-](C)N(C(=O)C(C)(C)C)c1cccc(-c2ccnc3ccnn23)c1.C[C-](C)N(C(=O)C(C)(C)C)c1cccc(B(O)O)c1.C[C-](C)N(C(=O)C(C)(C)C)c1cccc(C(=O)/C=C/N(C)C)c1.[Yb].[Yb].[Yb].[Yb].[Yb]. The Morgan fingerprint density at radius 3 is 1.12 bits per heavy atom. The zero-order valence-corrected chi connectivity index (χ0v) is 87.0. The minimum absolute atomic E-state index is 0. The smallest absolute Gasteiger partial charge is 0.462 e. The third-order valence-corrected chi connectivity index (χ3v) is 18.7. The number of ketones is 1. The fourth-order valence-electron chi connectivity index (χ4n) is 12.6. The van der Waals surface area contributed by atoms with E-state index in [0.29, 0.717) is 44.8 Å². The summed E-state index contributed by atoms with van der Waals surface area (Å²) >= 11 is 0. The monoisotopic (exact) mass is 2570 g/mol. The number of benzene rings is 5. The Labute approximate surface area is 962 Å². The number of fused-ring (bicyclic) bond motifs is 3. The van der Waals surface area contributed by atoms with E-state index in [2.05, 4.69) is 36.3 Å². The second-order valence-corrected chi connectivity index (χ2v) is 36.0. The first kappa shape index (κ1) is 123. The standard InChI is InChI=1S/C23H27N4O3.C21H22N5O.C20H23N4O.C19H27N2O2.C14H21BNO3.CH4.5Yb/c1-7-30-21(28)18-14-25-27-19(11-12-24-20(18)27)16-9-8-10-17(13-16)26(15(2)3)22(29)23(4,5)6;1-14(2)25(20(27)21(3,4)5)17-8-6-7-15(11-17)18-9-10-23-19-16(12-22)13-24-26(18)19;1-14(2)23(19(25)20(3,4)5)16-8-6-7-15(13-16)17-9-11-21-18-10-12-22-24(17)18;1-14(2)21(18(23)19(3,4)5)16-10-8-9-15(13-16)17(22)11-12-20(6)7;1-10(2)16(13(17)14(3,4)5)12-8-6-7-11(9-12)15(18)19;;;;;;/h8-14H,7H2,1-6H3;6-11,13H,1-5H3;6-13H,1-5H3;8-13H,1-7H3;6-9,18-19H,1-5H3;1H4;;;;;/q5*-1;;;;;;/b;;;12-11+;;;;;;;. The van der Waals surface area contributed by atoms with Gasteiger partial charge in [0.05, 0.1) is 42.3 Å². The van der Waals surface area contributed by atoms with Crippen molar-refractivity contribution in [2.24, 2.45) is 27.1 Å². The van der Waals surface area contributed by atoms with Crippen LogP contribution in [0.4, 0.5) is 28.4 Å². The van der Waals surface area contributed by atoms with Crippen molar-refractivity contribution in [2.75, 3.05) is 45.2 Å². The van der Waals surface area contributed by atoms with Crippen molar-refractivity contribution < 1.29 is 283 Å². The minimum Gasteiger partial charge on any atom is -0.462 e. The summed E-state index contributed by atoms with van der Waals surface area (Å²) in [5.41, 5.74) is 9.95. The number of esters is 1. The first-order valence-electron chi connectivity index (χ1n) is 40.9. The molecule has 11 aromatic rings. The number of nitrogens with zero attached hydrogens (tertiary/aromatic N) is 16. The molecular formula is C98H124BN16O10Yb5-5. The van der Waals surface area contributed by atoms with Crippen molar-refractivity contribution in [3.8, 4) is 39.8 Å². The van der Waals surface area contributed by atoms with Crippen LogP contribution in [0.3, 0.4) is 0 Å². The molecule has 26 nitrogen and oxygen atoms in total. The van der Waals surface area contributed by atoms with Crippen LogP contribution >= 0.6 is 0 Å². The van der Waals surface area contributed by atoms with Gasteiger partial charge in [0.25, 0.3) is 0 Å². The number of allylic oxidation sites excluding steroid dienone is 1. The van der Waals surface area contributed by atoms with E-state index >= 15 is 0 Å². The summed E-state index contributed by atoms with van der Waals surface area (Å²) in [6.45, 7) is 49.6. The average molecular weight is 2560 g/mol. The van der Waals surface area contributed by atoms with E-state index in [4.69, 9.17) is 4.74 Å². The van der Waals surface area contributed by atoms with Crippen molar-refractivity contribution >= 4 is 99.2 Å². The molecule has 2 N–H and O–H groups in total. The van der Waals surface area contributed by atoms with Crippen LogP contribution in [-0.4, -0.2) is 128 Å². The van der Waals surface area contributed by atoms with Crippen molar-refractivity contribution in [2.45, 2.75) is 187 Å². The zero-order chi connectivity index (χ0) is 92.6. The second-order valence-electron chi connectivity index (χ2n) is 36.0. The van der Waals surface area contributed by atoms with E-state index in [9.17, 15) is 48.9 Å². The maximum atomic E-state index is 13.0. The molecule has 5 amide bonds. The molecule has 130 heavy (non-hydrogen) atoms. The summed E-state index contributed by atoms with van der Waals surface area (Å²) in [7, 11) is 2.18. The fourth-order valence-corrected chi connectivity index (χ4v) is 12.6. The number of hydrogen-bond donors (Lipinski definition) is 2. The van der Waals surface area contributed by atoms with Crippen LogP contribution < -0.4 is 30.0 Å². The van der Waals surface area contributed by atoms with Crippen LogP contribution in [0.1, 0.15) is 214 Å². The number of ether oxygens (including phenoxy) is 1. The molecule has 0 spiro atoms. The molecule has 32 heteroatoms. The summed E-state index contributed by atoms with van der Waals surface area (Å²) in [6.07, 6.45) is 13.0. The maximum Gasteiger partial charge on any atom is 0.488 e. The number of anilines is 5. The number of aromatic nitrogens is 9. The Kier molecular flexibility index (Phi) is 51.4. The normalized spacial score (nSPS) is 11.2. The van der Waals surface area contributed by atoms with Crippen LogP contribution in [0, 0.1) is 303 Å². The molecule has 0 radical (unpaired) electrons. The Morgan fingerprint density at radius 2 is 0.762 bits per heavy atom. The van der Waals surface area contributed by atoms with E-state index < -0.39 is 40.2 Å². The molecule has 734 valence electrons. The Hall–Kier alpha value is -4.94. The molecule has 0 aliphatic heterocycles. The Morgan fingerprint density at radius 1 is 0.431 bits per heavy atom. The molecule has 0 saturated carbocycles. The second kappa shape index (κ2) is 54.3. The van der Waals surface area contributed by atoms with Crippen LogP contribution in [0.5, 0.6) is 0 Å². The van der Waals surface area contributed by atoms with Gasteiger partial charge < -0.3 is 44.2 Å². The molecule has 0 atom stereocenters. The average Bonchev–Trinajstić information content (AvgIpc) is 1.59. The molecule has 0 bridgehead atoms. The maximum absolute atomic E-state index is 13.0. The number of hydrogen-bond acceptors (Lipinski definition) is 18. The molecule has 6 heterocycles. The van der Waals surface area contributed by atoms with Gasteiger partial charge in [0.1, 0.15) is 17.2 Å². The number of nitriles is 1. The number of carbonyl (C=O) groups excluding carboxylic acids is 7. The minimum atomic E-state index is -1.54. The van der Waals surface area contributed by atoms with E-state index in [1.165, 1.54) is 18.5 Å². The van der Waals surface area contributed by atoms with Crippen molar-refractivity contribution in [3.05, 3.63) is 242 Å². The summed E-state index contributed by atoms with van der Waals surface area (Å²) < 4.78 is 10.2. The predicted octanol–water partition coefficient (Wildman–Crippen LogP) is 18.9. The van der Waals surface area contributed by atoms with Gasteiger partial charge in [-0.25, -0.2) is 63.5 Å². The molecule has 0 saturated heterocycles. The van der Waals surface area contributed by atoms with Gasteiger partial charge in [-0.1, -0.05) is 172 Å². The van der Waals surface area contributed by atoms with Crippen LogP contribution in [0.2, 0.25) is 0 Å².